The van der Waals surface area contributed by atoms with E-state index in [1.54, 1.807) is 6.07 Å². The zero-order valence-electron chi connectivity index (χ0n) is 18.8. The Hall–Kier alpha value is -3.53. The van der Waals surface area contributed by atoms with Gasteiger partial charge in [-0.25, -0.2) is 0 Å². The van der Waals surface area contributed by atoms with E-state index in [1.165, 1.54) is 18.0 Å². The van der Waals surface area contributed by atoms with Crippen molar-refractivity contribution in [3.05, 3.63) is 56.9 Å². The van der Waals surface area contributed by atoms with Gasteiger partial charge in [0.2, 0.25) is 0 Å². The number of nitro benzene ring substituents is 1. The van der Waals surface area contributed by atoms with Crippen molar-refractivity contribution in [3.63, 3.8) is 0 Å². The number of piperidine rings is 1. The van der Waals surface area contributed by atoms with Crippen LogP contribution in [0.5, 0.6) is 0 Å². The predicted octanol–water partition coefficient (Wildman–Crippen LogP) is 3.25. The van der Waals surface area contributed by atoms with Crippen LogP contribution >= 0.6 is 12.2 Å². The van der Waals surface area contributed by atoms with Gasteiger partial charge in [-0.3, -0.25) is 29.9 Å². The summed E-state index contributed by atoms with van der Waals surface area (Å²) in [6.45, 7) is 5.35. The summed E-state index contributed by atoms with van der Waals surface area (Å²) in [4.78, 5) is 39.7. The molecule has 1 aromatic heterocycles. The van der Waals surface area contributed by atoms with Crippen molar-refractivity contribution in [2.45, 2.75) is 33.1 Å². The fourth-order valence-electron chi connectivity index (χ4n) is 4.43. The first-order valence-electron chi connectivity index (χ1n) is 10.8. The summed E-state index contributed by atoms with van der Waals surface area (Å²) >= 11 is 4.99. The third-order valence-electron chi connectivity index (χ3n) is 6.19. The second-order valence-electron chi connectivity index (χ2n) is 8.32. The standard InChI is InChI=1S/C23H25N5O4S/c1-14-11-16(12-18-21(29)24-23(33)25(3)22(18)30)15(2)27(14)17-7-8-19(20(13-17)28(31)32)26-9-5-4-6-10-26/h7-8,11-13H,4-6,9-10H2,1-3H3,(H,24,29,33)/b18-12-. The van der Waals surface area contributed by atoms with Gasteiger partial charge in [-0.1, -0.05) is 0 Å². The van der Waals surface area contributed by atoms with Crippen molar-refractivity contribution in [1.29, 1.82) is 0 Å². The lowest BCUT2D eigenvalue weighted by Gasteiger charge is -2.28. The number of carbonyl (C=O) groups is 2. The molecule has 10 heteroatoms. The first kappa shape index (κ1) is 22.7. The number of hydrogen-bond donors (Lipinski definition) is 1. The van der Waals surface area contributed by atoms with Crippen LogP contribution in [0.25, 0.3) is 11.8 Å². The number of hydrogen-bond acceptors (Lipinski definition) is 6. The van der Waals surface area contributed by atoms with Crippen LogP contribution in [0.4, 0.5) is 11.4 Å². The molecule has 1 aromatic carbocycles. The lowest BCUT2D eigenvalue weighted by Crippen LogP contribution is -2.52. The van der Waals surface area contributed by atoms with Gasteiger partial charge in [0.1, 0.15) is 11.3 Å². The van der Waals surface area contributed by atoms with E-state index >= 15 is 0 Å². The maximum atomic E-state index is 12.6. The van der Waals surface area contributed by atoms with Crippen LogP contribution in [-0.4, -0.2) is 51.5 Å². The molecule has 0 bridgehead atoms. The molecule has 0 saturated carbocycles. The van der Waals surface area contributed by atoms with Gasteiger partial charge in [0, 0.05) is 37.6 Å². The fraction of sp³-hybridized carbons (Fsp3) is 0.348. The van der Waals surface area contributed by atoms with Crippen LogP contribution in [-0.2, 0) is 9.59 Å². The number of amides is 2. The molecule has 2 aliphatic rings. The summed E-state index contributed by atoms with van der Waals surface area (Å²) in [6, 6.07) is 7.12. The van der Waals surface area contributed by atoms with E-state index in [4.69, 9.17) is 12.2 Å². The molecule has 2 fully saturated rings. The Morgan fingerprint density at radius 3 is 2.48 bits per heavy atom. The molecule has 2 aromatic rings. The van der Waals surface area contributed by atoms with E-state index in [0.29, 0.717) is 16.9 Å². The molecule has 0 unspecified atom stereocenters. The smallest absolute Gasteiger partial charge is 0.294 e. The molecule has 2 saturated heterocycles. The number of nitro groups is 1. The number of thiocarbonyl (C=S) groups is 1. The molecule has 1 N–H and O–H groups in total. The SMILES string of the molecule is Cc1cc(/C=C2/C(=O)NC(=S)N(C)C2=O)c(C)n1-c1ccc(N2CCCCC2)c([N+](=O)[O-])c1. The molecule has 0 radical (unpaired) electrons. The van der Waals surface area contributed by atoms with Crippen molar-refractivity contribution in [3.8, 4) is 5.69 Å². The van der Waals surface area contributed by atoms with E-state index in [9.17, 15) is 19.7 Å². The Kier molecular flexibility index (Phi) is 6.03. The van der Waals surface area contributed by atoms with Gasteiger partial charge in [0.05, 0.1) is 10.6 Å². The molecule has 33 heavy (non-hydrogen) atoms. The second-order valence-corrected chi connectivity index (χ2v) is 8.71. The van der Waals surface area contributed by atoms with Crippen LogP contribution in [0.1, 0.15) is 36.2 Å². The number of rotatable bonds is 4. The van der Waals surface area contributed by atoms with Crippen LogP contribution in [0.2, 0.25) is 0 Å². The molecular weight excluding hydrogens is 442 g/mol. The summed E-state index contributed by atoms with van der Waals surface area (Å²) in [7, 11) is 1.50. The number of benzene rings is 1. The normalized spacial score (nSPS) is 18.2. The molecule has 3 heterocycles. The Labute approximate surface area is 196 Å². The molecule has 172 valence electrons. The highest BCUT2D eigenvalue weighted by Gasteiger charge is 2.31. The highest BCUT2D eigenvalue weighted by molar-refractivity contribution is 7.80. The van der Waals surface area contributed by atoms with E-state index in [2.05, 4.69) is 10.2 Å². The predicted molar refractivity (Wildman–Crippen MR) is 129 cm³/mol. The van der Waals surface area contributed by atoms with E-state index in [0.717, 1.165) is 43.7 Å². The summed E-state index contributed by atoms with van der Waals surface area (Å²) < 4.78 is 1.89. The minimum absolute atomic E-state index is 0.0159. The van der Waals surface area contributed by atoms with Crippen molar-refractivity contribution in [2.75, 3.05) is 25.0 Å². The van der Waals surface area contributed by atoms with E-state index in [1.807, 2.05) is 36.6 Å². The maximum Gasteiger partial charge on any atom is 0.294 e. The van der Waals surface area contributed by atoms with Gasteiger partial charge in [-0.05, 0) is 75.2 Å². The van der Waals surface area contributed by atoms with Gasteiger partial charge in [0.15, 0.2) is 5.11 Å². The van der Waals surface area contributed by atoms with Gasteiger partial charge < -0.3 is 9.47 Å². The Morgan fingerprint density at radius 2 is 1.82 bits per heavy atom. The van der Waals surface area contributed by atoms with Crippen LogP contribution < -0.4 is 10.2 Å². The summed E-state index contributed by atoms with van der Waals surface area (Å²) in [5.74, 6) is -1.02. The average molecular weight is 468 g/mol. The summed E-state index contributed by atoms with van der Waals surface area (Å²) in [5.41, 5.74) is 3.60. The second kappa shape index (κ2) is 8.78. The monoisotopic (exact) mass is 467 g/mol. The molecule has 4 rings (SSSR count). The van der Waals surface area contributed by atoms with Crippen LogP contribution in [0, 0.1) is 24.0 Å². The quantitative estimate of drug-likeness (QED) is 0.244. The highest BCUT2D eigenvalue weighted by atomic mass is 32.1. The molecule has 2 aliphatic heterocycles. The largest absolute Gasteiger partial charge is 0.366 e. The van der Waals surface area contributed by atoms with E-state index in [-0.39, 0.29) is 21.3 Å². The van der Waals surface area contributed by atoms with Crippen molar-refractivity contribution < 1.29 is 14.5 Å². The summed E-state index contributed by atoms with van der Waals surface area (Å²) in [6.07, 6.45) is 4.73. The minimum Gasteiger partial charge on any atom is -0.366 e. The number of anilines is 1. The average Bonchev–Trinajstić information content (AvgIpc) is 3.08. The molecule has 9 nitrogen and oxygen atoms in total. The van der Waals surface area contributed by atoms with Crippen molar-refractivity contribution >= 4 is 46.6 Å². The molecular formula is C23H25N5O4S. The number of carbonyl (C=O) groups excluding carboxylic acids is 2. The van der Waals surface area contributed by atoms with Gasteiger partial charge >= 0.3 is 0 Å². The lowest BCUT2D eigenvalue weighted by molar-refractivity contribution is -0.384. The Morgan fingerprint density at radius 1 is 1.12 bits per heavy atom. The minimum atomic E-state index is -0.547. The van der Waals surface area contributed by atoms with Crippen molar-refractivity contribution in [1.82, 2.24) is 14.8 Å². The lowest BCUT2D eigenvalue weighted by atomic mass is 10.1. The number of nitrogens with one attached hydrogen (secondary N) is 1. The Bertz CT molecular complexity index is 1210. The topological polar surface area (TPSA) is 101 Å². The third-order valence-corrected chi connectivity index (χ3v) is 6.56. The fourth-order valence-corrected chi connectivity index (χ4v) is 4.61. The molecule has 0 spiro atoms. The van der Waals surface area contributed by atoms with Gasteiger partial charge in [-0.15, -0.1) is 0 Å². The number of likely N-dealkylation sites (N-methyl/N-ethyl adjacent to an activating group) is 1. The van der Waals surface area contributed by atoms with E-state index < -0.39 is 11.8 Å². The number of nitrogens with zero attached hydrogens (tertiary/aromatic N) is 4. The Balaban J connectivity index is 1.75. The van der Waals surface area contributed by atoms with Gasteiger partial charge in [-0.2, -0.15) is 0 Å². The highest BCUT2D eigenvalue weighted by Crippen LogP contribution is 2.34. The number of aromatic nitrogens is 1. The molecule has 0 atom stereocenters. The first-order valence-corrected chi connectivity index (χ1v) is 11.2. The molecule has 0 aliphatic carbocycles. The zero-order chi connectivity index (χ0) is 23.9. The zero-order valence-corrected chi connectivity index (χ0v) is 19.6. The van der Waals surface area contributed by atoms with Gasteiger partial charge in [0.25, 0.3) is 17.5 Å². The van der Waals surface area contributed by atoms with Crippen molar-refractivity contribution in [2.24, 2.45) is 0 Å². The summed E-state index contributed by atoms with van der Waals surface area (Å²) in [5, 5.41) is 14.4. The van der Waals surface area contributed by atoms with Crippen LogP contribution in [0.15, 0.2) is 29.8 Å². The maximum absolute atomic E-state index is 12.6. The number of aryl methyl sites for hydroxylation is 1. The van der Waals surface area contributed by atoms with Crippen LogP contribution in [0.3, 0.4) is 0 Å². The first-order chi connectivity index (χ1) is 15.7. The molecule has 2 amide bonds. The third kappa shape index (κ3) is 4.13.